The maximum atomic E-state index is 12.9. The first-order chi connectivity index (χ1) is 27.1. The maximum absolute atomic E-state index is 12.9. The number of nitrogens with one attached hydrogen (secondary N) is 1. The van der Waals surface area contributed by atoms with E-state index in [0.717, 1.165) is 0 Å². The summed E-state index contributed by atoms with van der Waals surface area (Å²) in [4.78, 5) is 24.5. The Balaban J connectivity index is 2.34. The van der Waals surface area contributed by atoms with E-state index in [1.807, 2.05) is 0 Å². The minimum Gasteiger partial charge on any atom is -0.393 e. The number of ketones is 1. The Kier molecular flexibility index (Phi) is 26.6. The van der Waals surface area contributed by atoms with Crippen LogP contribution in [0.15, 0.2) is 24.3 Å². The molecule has 1 rings (SSSR count). The SMILES string of the molecule is CCC(OC1OC(C)C(O)C(O)C1O)C(C)C(=O)CC(O)CC(O)CC(O)C=CCC(O)CC(O)CC(O)CC(O)C=CCC(O)CC(O)CCCNC(=O)C(C)C. The zero-order valence-corrected chi connectivity index (χ0v) is 34.8. The summed E-state index contributed by atoms with van der Waals surface area (Å²) in [6.45, 7) is 8.87. The Labute approximate surface area is 343 Å². The van der Waals surface area contributed by atoms with Gasteiger partial charge >= 0.3 is 0 Å². The minimum absolute atomic E-state index is 0.0501. The molecule has 0 aromatic heterocycles. The molecular weight excluding hydrogens is 762 g/mol. The van der Waals surface area contributed by atoms with Crippen molar-refractivity contribution in [3.8, 4) is 0 Å². The molecule has 0 aromatic rings. The molecule has 0 radical (unpaired) electrons. The van der Waals surface area contributed by atoms with Crippen LogP contribution in [0.3, 0.4) is 0 Å². The average Bonchev–Trinajstić information content (AvgIpc) is 3.12. The van der Waals surface area contributed by atoms with Gasteiger partial charge in [0, 0.05) is 37.6 Å². The maximum Gasteiger partial charge on any atom is 0.222 e. The molecule has 0 bridgehead atoms. The molecule has 16 unspecified atom stereocenters. The van der Waals surface area contributed by atoms with Gasteiger partial charge in [-0.25, -0.2) is 0 Å². The quantitative estimate of drug-likeness (QED) is 0.0312. The third-order valence-electron chi connectivity index (χ3n) is 10.3. The number of carbonyl (C=O) groups excluding carboxylic acids is 2. The summed E-state index contributed by atoms with van der Waals surface area (Å²) < 4.78 is 11.2. The van der Waals surface area contributed by atoms with Crippen molar-refractivity contribution in [2.24, 2.45) is 11.8 Å². The van der Waals surface area contributed by atoms with E-state index in [2.05, 4.69) is 5.32 Å². The van der Waals surface area contributed by atoms with Gasteiger partial charge in [-0.2, -0.15) is 0 Å². The summed E-state index contributed by atoms with van der Waals surface area (Å²) >= 11 is 0. The highest BCUT2D eigenvalue weighted by molar-refractivity contribution is 5.81. The number of Topliss-reactive ketones (excluding diaryl/α,β-unsaturated/α-hetero) is 1. The van der Waals surface area contributed by atoms with E-state index in [9.17, 15) is 70.9 Å². The third-order valence-corrected chi connectivity index (χ3v) is 10.3. The predicted octanol–water partition coefficient (Wildman–Crippen LogP) is -0.762. The van der Waals surface area contributed by atoms with E-state index in [1.54, 1.807) is 33.8 Å². The van der Waals surface area contributed by atoms with Crippen LogP contribution in [0.4, 0.5) is 0 Å². The van der Waals surface area contributed by atoms with Crippen molar-refractivity contribution >= 4 is 11.7 Å². The first-order valence-electron chi connectivity index (χ1n) is 20.8. The molecule has 1 saturated heterocycles. The smallest absolute Gasteiger partial charge is 0.222 e. The Morgan fingerprint density at radius 2 is 1.16 bits per heavy atom. The molecule has 58 heavy (non-hydrogen) atoms. The van der Waals surface area contributed by atoms with Crippen LogP contribution in [0.1, 0.15) is 112 Å². The molecule has 1 aliphatic heterocycles. The molecule has 0 saturated carbocycles. The Morgan fingerprint density at radius 3 is 1.67 bits per heavy atom. The van der Waals surface area contributed by atoms with Crippen molar-refractivity contribution in [3.05, 3.63) is 24.3 Å². The van der Waals surface area contributed by atoms with Gasteiger partial charge in [-0.15, -0.1) is 0 Å². The summed E-state index contributed by atoms with van der Waals surface area (Å²) in [6.07, 6.45) is -10.0. The van der Waals surface area contributed by atoms with E-state index in [4.69, 9.17) is 9.47 Å². The van der Waals surface area contributed by atoms with E-state index in [1.165, 1.54) is 25.2 Å². The van der Waals surface area contributed by atoms with Crippen molar-refractivity contribution in [2.45, 2.75) is 203 Å². The van der Waals surface area contributed by atoms with Crippen LogP contribution in [0.5, 0.6) is 0 Å². The summed E-state index contributed by atoms with van der Waals surface area (Å²) in [5.74, 6) is -1.29. The van der Waals surface area contributed by atoms with Gasteiger partial charge in [0.2, 0.25) is 5.91 Å². The highest BCUT2D eigenvalue weighted by Gasteiger charge is 2.44. The van der Waals surface area contributed by atoms with Crippen LogP contribution in [-0.2, 0) is 19.1 Å². The average molecular weight is 838 g/mol. The van der Waals surface area contributed by atoms with Crippen molar-refractivity contribution in [1.82, 2.24) is 5.32 Å². The van der Waals surface area contributed by atoms with Crippen LogP contribution in [-0.4, -0.2) is 171 Å². The molecule has 1 fully saturated rings. The topological polar surface area (TPSA) is 307 Å². The number of aliphatic hydroxyl groups excluding tert-OH is 12. The second-order valence-electron chi connectivity index (χ2n) is 16.3. The van der Waals surface area contributed by atoms with Crippen LogP contribution < -0.4 is 5.32 Å². The van der Waals surface area contributed by atoms with Crippen LogP contribution in [0.25, 0.3) is 0 Å². The van der Waals surface area contributed by atoms with Gasteiger partial charge in [-0.1, -0.05) is 52.0 Å². The number of carbonyl (C=O) groups is 2. The Hall–Kier alpha value is -1.94. The first kappa shape index (κ1) is 54.1. The highest BCUT2D eigenvalue weighted by atomic mass is 16.7. The summed E-state index contributed by atoms with van der Waals surface area (Å²) in [5.41, 5.74) is 0. The van der Waals surface area contributed by atoms with E-state index >= 15 is 0 Å². The van der Waals surface area contributed by atoms with Crippen molar-refractivity contribution in [2.75, 3.05) is 6.54 Å². The van der Waals surface area contributed by atoms with Gasteiger partial charge in [-0.3, -0.25) is 9.59 Å². The zero-order chi connectivity index (χ0) is 44.1. The van der Waals surface area contributed by atoms with E-state index in [0.29, 0.717) is 25.8 Å². The molecule has 16 atom stereocenters. The second-order valence-corrected chi connectivity index (χ2v) is 16.3. The molecule has 17 heteroatoms. The lowest BCUT2D eigenvalue weighted by Crippen LogP contribution is -2.58. The number of ether oxygens (including phenoxy) is 2. The molecule has 0 aromatic carbocycles. The molecular formula is C41H75NO16. The second kappa shape index (κ2) is 28.6. The molecule has 17 nitrogen and oxygen atoms in total. The van der Waals surface area contributed by atoms with Gasteiger partial charge in [0.05, 0.1) is 67.1 Å². The molecule has 13 N–H and O–H groups in total. The number of rotatable bonds is 30. The fourth-order valence-corrected chi connectivity index (χ4v) is 6.68. The molecule has 0 spiro atoms. The molecule has 1 heterocycles. The predicted molar refractivity (Wildman–Crippen MR) is 213 cm³/mol. The van der Waals surface area contributed by atoms with Gasteiger partial charge < -0.3 is 76.1 Å². The number of hydrogen-bond donors (Lipinski definition) is 13. The number of aliphatic hydroxyl groups is 12. The lowest BCUT2D eigenvalue weighted by atomic mass is 9.91. The van der Waals surface area contributed by atoms with Crippen LogP contribution in [0, 0.1) is 11.8 Å². The standard InChI is InChI=1S/C41H75NO16/c1-6-36(58-41-39(55)38(54)37(53)25(5)57-41)24(4)35(52)22-34(51)21-33(50)19-29(46)13-8-12-28(45)18-32(49)20-31(48)17-27(44)11-7-10-26(43)16-30(47)14-9-15-42-40(56)23(2)3/h7-8,11,13,23-34,36-39,41,43-51,53-55H,6,9-10,12,14-22H2,1-5H3,(H,42,56). The zero-order valence-electron chi connectivity index (χ0n) is 34.8. The van der Waals surface area contributed by atoms with Crippen molar-refractivity contribution < 1.29 is 80.3 Å². The monoisotopic (exact) mass is 838 g/mol. The molecule has 0 aliphatic carbocycles. The summed E-state index contributed by atoms with van der Waals surface area (Å²) in [5, 5.41) is 126. The largest absolute Gasteiger partial charge is 0.393 e. The minimum atomic E-state index is -1.53. The van der Waals surface area contributed by atoms with Gasteiger partial charge in [-0.05, 0) is 64.7 Å². The summed E-state index contributed by atoms with van der Waals surface area (Å²) in [6, 6.07) is 0. The number of hydrogen-bond acceptors (Lipinski definition) is 16. The van der Waals surface area contributed by atoms with Gasteiger partial charge in [0.1, 0.15) is 24.1 Å². The first-order valence-corrected chi connectivity index (χ1v) is 20.8. The lowest BCUT2D eigenvalue weighted by molar-refractivity contribution is -0.306. The highest BCUT2D eigenvalue weighted by Crippen LogP contribution is 2.26. The fraction of sp³-hybridized carbons (Fsp3) is 0.854. The Bertz CT molecular complexity index is 1190. The van der Waals surface area contributed by atoms with E-state index < -0.39 is 97.7 Å². The van der Waals surface area contributed by atoms with Crippen LogP contribution >= 0.6 is 0 Å². The van der Waals surface area contributed by atoms with E-state index in [-0.39, 0.29) is 75.4 Å². The fourth-order valence-electron chi connectivity index (χ4n) is 6.68. The summed E-state index contributed by atoms with van der Waals surface area (Å²) in [7, 11) is 0. The molecule has 1 aliphatic rings. The van der Waals surface area contributed by atoms with Gasteiger partial charge in [0.25, 0.3) is 0 Å². The van der Waals surface area contributed by atoms with Crippen molar-refractivity contribution in [1.29, 1.82) is 0 Å². The van der Waals surface area contributed by atoms with Gasteiger partial charge in [0.15, 0.2) is 6.29 Å². The Morgan fingerprint density at radius 1 is 0.672 bits per heavy atom. The third kappa shape index (κ3) is 22.1. The molecule has 1 amide bonds. The number of amides is 1. The van der Waals surface area contributed by atoms with Crippen LogP contribution in [0.2, 0.25) is 0 Å². The normalized spacial score (nSPS) is 26.1. The molecule has 340 valence electrons. The lowest BCUT2D eigenvalue weighted by Gasteiger charge is -2.40. The van der Waals surface area contributed by atoms with Crippen molar-refractivity contribution in [3.63, 3.8) is 0 Å².